The Morgan fingerprint density at radius 3 is 2.25 bits per heavy atom. The molecule has 0 bridgehead atoms. The van der Waals surface area contributed by atoms with Gasteiger partial charge in [-0.25, -0.2) is 4.79 Å². The third-order valence-electron chi connectivity index (χ3n) is 3.22. The van der Waals surface area contributed by atoms with Crippen LogP contribution in [-0.2, 0) is 9.53 Å². The Morgan fingerprint density at radius 2 is 1.80 bits per heavy atom. The number of hydrogen-bond acceptors (Lipinski definition) is 4. The van der Waals surface area contributed by atoms with Crippen LogP contribution in [0.3, 0.4) is 0 Å². The second-order valence-corrected chi connectivity index (χ2v) is 5.65. The number of benzene rings is 1. The minimum Gasteiger partial charge on any atom is -0.454 e. The standard InChI is InChI=1S/C14H17Cl2NO3/c1-4-14(3,17)12(18)7-20-13(19)9-5-10(15)8(2)11(16)6-9/h5-6H,4,7,17H2,1-3H3. The first-order valence-electron chi connectivity index (χ1n) is 6.14. The number of halogens is 2. The predicted molar refractivity (Wildman–Crippen MR) is 79.4 cm³/mol. The minimum absolute atomic E-state index is 0.202. The molecule has 1 aromatic carbocycles. The van der Waals surface area contributed by atoms with Crippen molar-refractivity contribution in [2.45, 2.75) is 32.7 Å². The largest absolute Gasteiger partial charge is 0.454 e. The highest BCUT2D eigenvalue weighted by molar-refractivity contribution is 6.36. The number of hydrogen-bond donors (Lipinski definition) is 1. The van der Waals surface area contributed by atoms with Crippen LogP contribution >= 0.6 is 23.2 Å². The van der Waals surface area contributed by atoms with E-state index in [-0.39, 0.29) is 18.0 Å². The number of esters is 1. The second kappa shape index (κ2) is 6.57. The maximum atomic E-state index is 11.8. The van der Waals surface area contributed by atoms with E-state index in [4.69, 9.17) is 33.7 Å². The highest BCUT2D eigenvalue weighted by Crippen LogP contribution is 2.25. The normalized spacial score (nSPS) is 13.7. The van der Waals surface area contributed by atoms with Crippen molar-refractivity contribution in [2.24, 2.45) is 5.73 Å². The van der Waals surface area contributed by atoms with Crippen molar-refractivity contribution < 1.29 is 14.3 Å². The number of carbonyl (C=O) groups is 2. The Bertz CT molecular complexity index is 518. The number of carbonyl (C=O) groups excluding carboxylic acids is 2. The van der Waals surface area contributed by atoms with Gasteiger partial charge in [0.1, 0.15) is 0 Å². The Morgan fingerprint density at radius 1 is 1.30 bits per heavy atom. The Hall–Kier alpha value is -1.10. The van der Waals surface area contributed by atoms with Crippen molar-refractivity contribution in [3.8, 4) is 0 Å². The zero-order valence-corrected chi connectivity index (χ0v) is 13.1. The molecule has 6 heteroatoms. The van der Waals surface area contributed by atoms with Crippen LogP contribution < -0.4 is 5.73 Å². The zero-order chi connectivity index (χ0) is 15.5. The van der Waals surface area contributed by atoms with E-state index in [1.807, 2.05) is 0 Å². The topological polar surface area (TPSA) is 69.4 Å². The van der Waals surface area contributed by atoms with Gasteiger partial charge in [0.25, 0.3) is 0 Å². The lowest BCUT2D eigenvalue weighted by molar-refractivity contribution is -0.126. The van der Waals surface area contributed by atoms with Gasteiger partial charge in [0.2, 0.25) is 0 Å². The Kier molecular flexibility index (Phi) is 5.57. The van der Waals surface area contributed by atoms with Gasteiger partial charge in [-0.1, -0.05) is 30.1 Å². The van der Waals surface area contributed by atoms with E-state index >= 15 is 0 Å². The number of ketones is 1. The van der Waals surface area contributed by atoms with Gasteiger partial charge in [-0.15, -0.1) is 0 Å². The lowest BCUT2D eigenvalue weighted by Gasteiger charge is -2.20. The third-order valence-corrected chi connectivity index (χ3v) is 4.01. The van der Waals surface area contributed by atoms with E-state index in [0.29, 0.717) is 22.0 Å². The maximum absolute atomic E-state index is 11.8. The van der Waals surface area contributed by atoms with Gasteiger partial charge in [-0.3, -0.25) is 4.79 Å². The highest BCUT2D eigenvalue weighted by Gasteiger charge is 2.27. The molecule has 4 nitrogen and oxygen atoms in total. The van der Waals surface area contributed by atoms with Crippen molar-refractivity contribution in [3.05, 3.63) is 33.3 Å². The maximum Gasteiger partial charge on any atom is 0.338 e. The molecule has 0 saturated heterocycles. The summed E-state index contributed by atoms with van der Waals surface area (Å²) in [5.41, 5.74) is 5.66. The molecule has 1 unspecified atom stereocenters. The Labute approximate surface area is 128 Å². The molecular formula is C14H17Cl2NO3. The Balaban J connectivity index is 2.76. The average Bonchev–Trinajstić information content (AvgIpc) is 2.40. The van der Waals surface area contributed by atoms with Crippen molar-refractivity contribution in [2.75, 3.05) is 6.61 Å². The molecule has 0 aromatic heterocycles. The molecule has 110 valence electrons. The van der Waals surface area contributed by atoms with E-state index in [9.17, 15) is 9.59 Å². The fourth-order valence-electron chi connectivity index (χ4n) is 1.34. The molecule has 1 rings (SSSR count). The fraction of sp³-hybridized carbons (Fsp3) is 0.429. The van der Waals surface area contributed by atoms with Crippen molar-refractivity contribution >= 4 is 35.0 Å². The van der Waals surface area contributed by atoms with Gasteiger partial charge in [0.05, 0.1) is 11.1 Å². The minimum atomic E-state index is -0.997. The van der Waals surface area contributed by atoms with Crippen molar-refractivity contribution in [1.82, 2.24) is 0 Å². The number of ether oxygens (including phenoxy) is 1. The lowest BCUT2D eigenvalue weighted by atomic mass is 9.95. The molecule has 0 amide bonds. The molecule has 2 N–H and O–H groups in total. The van der Waals surface area contributed by atoms with Gasteiger partial charge in [0.15, 0.2) is 12.4 Å². The molecule has 0 aliphatic rings. The first-order valence-corrected chi connectivity index (χ1v) is 6.89. The molecule has 0 aliphatic carbocycles. The number of Topliss-reactive ketones (excluding diaryl/α,β-unsaturated/α-hetero) is 1. The summed E-state index contributed by atoms with van der Waals surface area (Å²) in [6, 6.07) is 2.91. The summed E-state index contributed by atoms with van der Waals surface area (Å²) in [6.45, 7) is 4.76. The molecule has 0 heterocycles. The van der Waals surface area contributed by atoms with Gasteiger partial charge < -0.3 is 10.5 Å². The molecule has 1 atom stereocenters. The van der Waals surface area contributed by atoms with Gasteiger partial charge in [0, 0.05) is 10.0 Å². The first kappa shape index (κ1) is 17.0. The van der Waals surface area contributed by atoms with Crippen LogP contribution in [0.4, 0.5) is 0 Å². The molecule has 0 spiro atoms. The average molecular weight is 318 g/mol. The number of rotatable bonds is 5. The predicted octanol–water partition coefficient (Wildman–Crippen LogP) is 3.16. The van der Waals surface area contributed by atoms with Gasteiger partial charge in [-0.2, -0.15) is 0 Å². The zero-order valence-electron chi connectivity index (χ0n) is 11.6. The summed E-state index contributed by atoms with van der Waals surface area (Å²) in [5.74, 6) is -0.994. The monoisotopic (exact) mass is 317 g/mol. The number of nitrogens with two attached hydrogens (primary N) is 1. The quantitative estimate of drug-likeness (QED) is 0.847. The summed E-state index contributed by atoms with van der Waals surface area (Å²) >= 11 is 11.9. The summed E-state index contributed by atoms with van der Waals surface area (Å²) < 4.78 is 4.94. The SMILES string of the molecule is CCC(C)(N)C(=O)COC(=O)c1cc(Cl)c(C)c(Cl)c1. The summed E-state index contributed by atoms with van der Waals surface area (Å²) in [5, 5.41) is 0.737. The first-order chi connectivity index (χ1) is 9.19. The van der Waals surface area contributed by atoms with E-state index < -0.39 is 11.5 Å². The fourth-order valence-corrected chi connectivity index (χ4v) is 1.83. The molecule has 0 radical (unpaired) electrons. The van der Waals surface area contributed by atoms with E-state index in [1.165, 1.54) is 12.1 Å². The van der Waals surface area contributed by atoms with Gasteiger partial charge in [-0.05, 0) is 38.0 Å². The van der Waals surface area contributed by atoms with Crippen LogP contribution in [0.2, 0.25) is 10.0 Å². The van der Waals surface area contributed by atoms with Gasteiger partial charge >= 0.3 is 5.97 Å². The summed E-state index contributed by atoms with van der Waals surface area (Å²) in [7, 11) is 0. The molecule has 20 heavy (non-hydrogen) atoms. The van der Waals surface area contributed by atoms with Crippen LogP contribution in [0, 0.1) is 6.92 Å². The molecule has 1 aromatic rings. The molecular weight excluding hydrogens is 301 g/mol. The summed E-state index contributed by atoms with van der Waals surface area (Å²) in [4.78, 5) is 23.6. The summed E-state index contributed by atoms with van der Waals surface area (Å²) in [6.07, 6.45) is 0.464. The molecule has 0 saturated carbocycles. The van der Waals surface area contributed by atoms with Crippen LogP contribution in [-0.4, -0.2) is 23.9 Å². The van der Waals surface area contributed by atoms with E-state index in [1.54, 1.807) is 20.8 Å². The highest BCUT2D eigenvalue weighted by atomic mass is 35.5. The molecule has 0 fully saturated rings. The van der Waals surface area contributed by atoms with Crippen LogP contribution in [0.15, 0.2) is 12.1 Å². The van der Waals surface area contributed by atoms with Crippen LogP contribution in [0.1, 0.15) is 36.2 Å². The van der Waals surface area contributed by atoms with Crippen molar-refractivity contribution in [1.29, 1.82) is 0 Å². The molecule has 0 aliphatic heterocycles. The smallest absolute Gasteiger partial charge is 0.338 e. The van der Waals surface area contributed by atoms with Crippen LogP contribution in [0.5, 0.6) is 0 Å². The third kappa shape index (κ3) is 3.95. The second-order valence-electron chi connectivity index (χ2n) is 4.84. The van der Waals surface area contributed by atoms with E-state index in [0.717, 1.165) is 0 Å². The van der Waals surface area contributed by atoms with Crippen molar-refractivity contribution in [3.63, 3.8) is 0 Å². The van der Waals surface area contributed by atoms with Crippen LogP contribution in [0.25, 0.3) is 0 Å². The van der Waals surface area contributed by atoms with E-state index in [2.05, 4.69) is 0 Å². The lowest BCUT2D eigenvalue weighted by Crippen LogP contribution is -2.46.